The van der Waals surface area contributed by atoms with E-state index in [0.717, 1.165) is 23.4 Å². The number of nitrogens with one attached hydrogen (secondary N) is 1. The Morgan fingerprint density at radius 1 is 0.875 bits per heavy atom. The normalized spacial score (nSPS) is 10.7. The van der Waals surface area contributed by atoms with Crippen molar-refractivity contribution in [2.45, 2.75) is 13.0 Å². The Kier molecular flexibility index (Phi) is 5.56. The standard InChI is InChI=1S/C20H19N3O/c1-2-4-18(5-3-1)16-24-20-8-6-17(7-9-20)10-15-22-23-19-11-13-21-14-12-19/h1-9,11-15H,10,16H2,(H,21,23). The number of rotatable bonds is 7. The number of nitrogens with zero attached hydrogens (tertiary/aromatic N) is 2. The molecule has 0 saturated carbocycles. The van der Waals surface area contributed by atoms with Crippen LogP contribution in [0.5, 0.6) is 5.75 Å². The molecule has 0 aliphatic rings. The van der Waals surface area contributed by atoms with Gasteiger partial charge in [-0.2, -0.15) is 5.10 Å². The van der Waals surface area contributed by atoms with Gasteiger partial charge in [0, 0.05) is 25.0 Å². The Morgan fingerprint density at radius 3 is 2.38 bits per heavy atom. The monoisotopic (exact) mass is 317 g/mol. The Morgan fingerprint density at radius 2 is 1.62 bits per heavy atom. The predicted octanol–water partition coefficient (Wildman–Crippen LogP) is 4.30. The zero-order valence-corrected chi connectivity index (χ0v) is 13.3. The van der Waals surface area contributed by atoms with Crippen molar-refractivity contribution in [2.75, 3.05) is 5.43 Å². The molecule has 0 spiro atoms. The van der Waals surface area contributed by atoms with Crippen molar-refractivity contribution in [1.29, 1.82) is 0 Å². The maximum atomic E-state index is 5.78. The van der Waals surface area contributed by atoms with Crippen LogP contribution in [0.15, 0.2) is 84.2 Å². The topological polar surface area (TPSA) is 46.5 Å². The first kappa shape index (κ1) is 15.7. The summed E-state index contributed by atoms with van der Waals surface area (Å²) in [6.45, 7) is 0.581. The van der Waals surface area contributed by atoms with Gasteiger partial charge >= 0.3 is 0 Å². The second-order valence-electron chi connectivity index (χ2n) is 5.28. The van der Waals surface area contributed by atoms with E-state index in [9.17, 15) is 0 Å². The van der Waals surface area contributed by atoms with Gasteiger partial charge in [-0.1, -0.05) is 42.5 Å². The summed E-state index contributed by atoms with van der Waals surface area (Å²) in [6.07, 6.45) is 6.06. The van der Waals surface area contributed by atoms with E-state index in [1.807, 2.05) is 48.7 Å². The van der Waals surface area contributed by atoms with Crippen LogP contribution < -0.4 is 10.2 Å². The fraction of sp³-hybridized carbons (Fsp3) is 0.100. The van der Waals surface area contributed by atoms with Gasteiger partial charge < -0.3 is 4.74 Å². The zero-order valence-electron chi connectivity index (χ0n) is 13.3. The molecular formula is C20H19N3O. The fourth-order valence-electron chi connectivity index (χ4n) is 2.16. The van der Waals surface area contributed by atoms with Gasteiger partial charge in [-0.15, -0.1) is 0 Å². The van der Waals surface area contributed by atoms with Crippen LogP contribution in [0.2, 0.25) is 0 Å². The van der Waals surface area contributed by atoms with Crippen LogP contribution in [0.3, 0.4) is 0 Å². The maximum Gasteiger partial charge on any atom is 0.119 e. The molecule has 1 N–H and O–H groups in total. The lowest BCUT2D eigenvalue weighted by atomic mass is 10.1. The zero-order chi connectivity index (χ0) is 16.5. The van der Waals surface area contributed by atoms with Crippen LogP contribution >= 0.6 is 0 Å². The highest BCUT2D eigenvalue weighted by atomic mass is 16.5. The predicted molar refractivity (Wildman–Crippen MR) is 97.3 cm³/mol. The molecule has 0 atom stereocenters. The minimum atomic E-state index is 0.581. The molecule has 0 aliphatic heterocycles. The first-order valence-electron chi connectivity index (χ1n) is 7.83. The van der Waals surface area contributed by atoms with Crippen LogP contribution in [-0.4, -0.2) is 11.2 Å². The van der Waals surface area contributed by atoms with Crippen molar-refractivity contribution in [2.24, 2.45) is 5.10 Å². The molecule has 0 aliphatic carbocycles. The van der Waals surface area contributed by atoms with E-state index >= 15 is 0 Å². The number of ether oxygens (including phenoxy) is 1. The second kappa shape index (κ2) is 8.48. The largest absolute Gasteiger partial charge is 0.489 e. The summed E-state index contributed by atoms with van der Waals surface area (Å²) in [4.78, 5) is 3.96. The third kappa shape index (κ3) is 4.95. The van der Waals surface area contributed by atoms with Gasteiger partial charge in [0.25, 0.3) is 0 Å². The second-order valence-corrected chi connectivity index (χ2v) is 5.28. The first-order chi connectivity index (χ1) is 11.9. The molecule has 4 nitrogen and oxygen atoms in total. The molecule has 120 valence electrons. The molecule has 0 fully saturated rings. The highest BCUT2D eigenvalue weighted by molar-refractivity contribution is 5.63. The number of hydrogen-bond acceptors (Lipinski definition) is 4. The lowest BCUT2D eigenvalue weighted by Crippen LogP contribution is -1.96. The molecule has 2 aromatic carbocycles. The highest BCUT2D eigenvalue weighted by Crippen LogP contribution is 2.14. The van der Waals surface area contributed by atoms with Crippen molar-refractivity contribution >= 4 is 11.9 Å². The van der Waals surface area contributed by atoms with E-state index in [2.05, 4.69) is 39.8 Å². The van der Waals surface area contributed by atoms with E-state index in [-0.39, 0.29) is 0 Å². The Labute approximate surface area is 141 Å². The third-order valence-corrected chi connectivity index (χ3v) is 3.46. The summed E-state index contributed by atoms with van der Waals surface area (Å²) in [5.41, 5.74) is 6.24. The van der Waals surface area contributed by atoms with E-state index < -0.39 is 0 Å². The SMILES string of the molecule is C(Cc1ccc(OCc2ccccc2)cc1)=NNc1ccncc1. The molecule has 1 aromatic heterocycles. The average Bonchev–Trinajstić information content (AvgIpc) is 2.66. The molecule has 0 amide bonds. The smallest absolute Gasteiger partial charge is 0.119 e. The molecule has 4 heteroatoms. The molecule has 3 aromatic rings. The number of pyridine rings is 1. The number of hydrazone groups is 1. The lowest BCUT2D eigenvalue weighted by Gasteiger charge is -2.06. The summed E-state index contributed by atoms with van der Waals surface area (Å²) in [5, 5.41) is 4.20. The molecule has 24 heavy (non-hydrogen) atoms. The average molecular weight is 317 g/mol. The van der Waals surface area contributed by atoms with Gasteiger partial charge in [0.1, 0.15) is 12.4 Å². The van der Waals surface area contributed by atoms with Gasteiger partial charge in [-0.3, -0.25) is 10.4 Å². The molecule has 1 heterocycles. The summed E-state index contributed by atoms with van der Waals surface area (Å²) >= 11 is 0. The maximum absolute atomic E-state index is 5.78. The summed E-state index contributed by atoms with van der Waals surface area (Å²) in [6, 6.07) is 22.0. The lowest BCUT2D eigenvalue weighted by molar-refractivity contribution is 0.306. The molecular weight excluding hydrogens is 298 g/mol. The minimum Gasteiger partial charge on any atom is -0.489 e. The van der Waals surface area contributed by atoms with Crippen molar-refractivity contribution < 1.29 is 4.74 Å². The van der Waals surface area contributed by atoms with Crippen molar-refractivity contribution in [3.8, 4) is 5.75 Å². The van der Waals surface area contributed by atoms with Gasteiger partial charge in [0.05, 0.1) is 5.69 Å². The van der Waals surface area contributed by atoms with E-state index in [4.69, 9.17) is 4.74 Å². The van der Waals surface area contributed by atoms with Crippen molar-refractivity contribution in [3.63, 3.8) is 0 Å². The Balaban J connectivity index is 1.46. The van der Waals surface area contributed by atoms with Crippen molar-refractivity contribution in [1.82, 2.24) is 4.98 Å². The molecule has 0 bridgehead atoms. The molecule has 3 rings (SSSR count). The Hall–Kier alpha value is -3.14. The van der Waals surface area contributed by atoms with Crippen LogP contribution in [-0.2, 0) is 13.0 Å². The highest BCUT2D eigenvalue weighted by Gasteiger charge is 1.96. The first-order valence-corrected chi connectivity index (χ1v) is 7.83. The molecule has 0 radical (unpaired) electrons. The van der Waals surface area contributed by atoms with Crippen LogP contribution in [0.1, 0.15) is 11.1 Å². The van der Waals surface area contributed by atoms with E-state index in [0.29, 0.717) is 6.61 Å². The molecule has 0 saturated heterocycles. The summed E-state index contributed by atoms with van der Waals surface area (Å²) in [7, 11) is 0. The number of anilines is 1. The van der Waals surface area contributed by atoms with Crippen molar-refractivity contribution in [3.05, 3.63) is 90.3 Å². The van der Waals surface area contributed by atoms with Gasteiger partial charge in [-0.05, 0) is 35.4 Å². The van der Waals surface area contributed by atoms with Gasteiger partial charge in [0.2, 0.25) is 0 Å². The number of benzene rings is 2. The van der Waals surface area contributed by atoms with E-state index in [1.165, 1.54) is 5.56 Å². The van der Waals surface area contributed by atoms with Crippen LogP contribution in [0, 0.1) is 0 Å². The fourth-order valence-corrected chi connectivity index (χ4v) is 2.16. The minimum absolute atomic E-state index is 0.581. The number of hydrogen-bond donors (Lipinski definition) is 1. The van der Waals surface area contributed by atoms with Crippen LogP contribution in [0.4, 0.5) is 5.69 Å². The number of aromatic nitrogens is 1. The summed E-state index contributed by atoms with van der Waals surface area (Å²) in [5.74, 6) is 0.870. The quantitative estimate of drug-likeness (QED) is 0.522. The summed E-state index contributed by atoms with van der Waals surface area (Å²) < 4.78 is 5.78. The molecule has 0 unspecified atom stereocenters. The van der Waals surface area contributed by atoms with Gasteiger partial charge in [-0.25, -0.2) is 0 Å². The third-order valence-electron chi connectivity index (χ3n) is 3.46. The Bertz CT molecular complexity index is 756. The van der Waals surface area contributed by atoms with Crippen LogP contribution in [0.25, 0.3) is 0 Å². The van der Waals surface area contributed by atoms with E-state index in [1.54, 1.807) is 12.4 Å². The van der Waals surface area contributed by atoms with Gasteiger partial charge in [0.15, 0.2) is 0 Å².